The van der Waals surface area contributed by atoms with Gasteiger partial charge in [-0.05, 0) is 41.6 Å². The lowest BCUT2D eigenvalue weighted by Crippen LogP contribution is -2.27. The zero-order chi connectivity index (χ0) is 14.4. The minimum atomic E-state index is 0.517. The number of nitrogens with two attached hydrogens (primary N) is 1. The highest BCUT2D eigenvalue weighted by Gasteiger charge is 2.10. The summed E-state index contributed by atoms with van der Waals surface area (Å²) in [5.41, 5.74) is 9.45. The van der Waals surface area contributed by atoms with Crippen molar-refractivity contribution in [3.8, 4) is 11.1 Å². The molecule has 0 saturated carbocycles. The molecule has 0 spiro atoms. The second kappa shape index (κ2) is 7.11. The molecule has 2 nitrogen and oxygen atoms in total. The molecule has 0 bridgehead atoms. The fourth-order valence-electron chi connectivity index (χ4n) is 2.25. The molecule has 0 aromatic heterocycles. The Morgan fingerprint density at radius 3 is 2.05 bits per heavy atom. The summed E-state index contributed by atoms with van der Waals surface area (Å²) in [4.78, 5) is 0. The van der Waals surface area contributed by atoms with Crippen LogP contribution in [0.5, 0.6) is 0 Å². The van der Waals surface area contributed by atoms with Gasteiger partial charge in [0.05, 0.1) is 0 Å². The molecule has 1 unspecified atom stereocenters. The molecule has 0 saturated heterocycles. The summed E-state index contributed by atoms with van der Waals surface area (Å²) in [6, 6.07) is 19.0. The monoisotopic (exact) mass is 268 g/mol. The fraction of sp³-hybridized carbons (Fsp3) is 0.333. The van der Waals surface area contributed by atoms with E-state index in [-0.39, 0.29) is 0 Å². The van der Waals surface area contributed by atoms with E-state index in [4.69, 9.17) is 5.73 Å². The molecule has 0 fully saturated rings. The third-order valence-electron chi connectivity index (χ3n) is 3.81. The van der Waals surface area contributed by atoms with E-state index in [1.54, 1.807) is 0 Å². The molecule has 0 aliphatic rings. The first-order valence-electron chi connectivity index (χ1n) is 7.30. The van der Waals surface area contributed by atoms with Crippen molar-refractivity contribution in [3.63, 3.8) is 0 Å². The van der Waals surface area contributed by atoms with Crippen LogP contribution in [0.15, 0.2) is 54.6 Å². The number of benzene rings is 2. The highest BCUT2D eigenvalue weighted by molar-refractivity contribution is 5.65. The standard InChI is InChI=1S/C18H24N2/c1-14(2)17(12-19)13-20-18-10-8-16(9-11-18)15-6-4-3-5-7-15/h3-11,14,17,20H,12-13,19H2,1-2H3. The Morgan fingerprint density at radius 2 is 1.50 bits per heavy atom. The molecule has 0 amide bonds. The topological polar surface area (TPSA) is 38.0 Å². The average Bonchev–Trinajstić information content (AvgIpc) is 2.49. The second-order valence-electron chi connectivity index (χ2n) is 5.56. The van der Waals surface area contributed by atoms with E-state index >= 15 is 0 Å². The van der Waals surface area contributed by atoms with E-state index in [1.165, 1.54) is 11.1 Å². The number of anilines is 1. The van der Waals surface area contributed by atoms with Crippen molar-refractivity contribution in [2.75, 3.05) is 18.4 Å². The van der Waals surface area contributed by atoms with Crippen molar-refractivity contribution in [3.05, 3.63) is 54.6 Å². The van der Waals surface area contributed by atoms with Gasteiger partial charge in [-0.15, -0.1) is 0 Å². The lowest BCUT2D eigenvalue weighted by atomic mass is 9.96. The van der Waals surface area contributed by atoms with Crippen LogP contribution in [0.4, 0.5) is 5.69 Å². The molecule has 2 rings (SSSR count). The molecule has 0 aliphatic heterocycles. The van der Waals surface area contributed by atoms with Crippen LogP contribution in [0.1, 0.15) is 13.8 Å². The van der Waals surface area contributed by atoms with Gasteiger partial charge in [-0.1, -0.05) is 56.3 Å². The zero-order valence-corrected chi connectivity index (χ0v) is 12.3. The van der Waals surface area contributed by atoms with Crippen molar-refractivity contribution < 1.29 is 0 Å². The molecular weight excluding hydrogens is 244 g/mol. The summed E-state index contributed by atoms with van der Waals surface area (Å²) in [5.74, 6) is 1.12. The maximum Gasteiger partial charge on any atom is 0.0340 e. The van der Waals surface area contributed by atoms with Crippen molar-refractivity contribution >= 4 is 5.69 Å². The Labute approximate surface area is 122 Å². The fourth-order valence-corrected chi connectivity index (χ4v) is 2.25. The predicted octanol–water partition coefficient (Wildman–Crippen LogP) is 4.00. The summed E-state index contributed by atoms with van der Waals surface area (Å²) in [6.45, 7) is 6.10. The molecule has 0 radical (unpaired) electrons. The first-order valence-corrected chi connectivity index (χ1v) is 7.30. The normalized spacial score (nSPS) is 12.4. The van der Waals surface area contributed by atoms with Gasteiger partial charge < -0.3 is 11.1 Å². The van der Waals surface area contributed by atoms with Gasteiger partial charge in [-0.2, -0.15) is 0 Å². The van der Waals surface area contributed by atoms with Gasteiger partial charge in [-0.25, -0.2) is 0 Å². The maximum absolute atomic E-state index is 5.80. The van der Waals surface area contributed by atoms with Gasteiger partial charge >= 0.3 is 0 Å². The number of nitrogens with one attached hydrogen (secondary N) is 1. The van der Waals surface area contributed by atoms with E-state index in [0.717, 1.165) is 18.8 Å². The molecule has 0 aliphatic carbocycles. The van der Waals surface area contributed by atoms with Crippen LogP contribution in [0.2, 0.25) is 0 Å². The minimum Gasteiger partial charge on any atom is -0.385 e. The third kappa shape index (κ3) is 3.84. The van der Waals surface area contributed by atoms with Crippen molar-refractivity contribution in [1.29, 1.82) is 0 Å². The van der Waals surface area contributed by atoms with E-state index in [1.807, 2.05) is 6.07 Å². The van der Waals surface area contributed by atoms with Crippen LogP contribution < -0.4 is 11.1 Å². The van der Waals surface area contributed by atoms with Crippen LogP contribution in [0, 0.1) is 11.8 Å². The summed E-state index contributed by atoms with van der Waals surface area (Å²) >= 11 is 0. The average molecular weight is 268 g/mol. The molecular formula is C18H24N2. The highest BCUT2D eigenvalue weighted by Crippen LogP contribution is 2.21. The van der Waals surface area contributed by atoms with Crippen LogP contribution >= 0.6 is 0 Å². The van der Waals surface area contributed by atoms with Crippen LogP contribution in [0.25, 0.3) is 11.1 Å². The number of rotatable bonds is 6. The molecule has 106 valence electrons. The lowest BCUT2D eigenvalue weighted by Gasteiger charge is -2.20. The van der Waals surface area contributed by atoms with E-state index in [2.05, 4.69) is 67.7 Å². The van der Waals surface area contributed by atoms with Crippen LogP contribution in [-0.2, 0) is 0 Å². The molecule has 3 N–H and O–H groups in total. The number of hydrogen-bond donors (Lipinski definition) is 2. The van der Waals surface area contributed by atoms with Gasteiger partial charge in [0.25, 0.3) is 0 Å². The second-order valence-corrected chi connectivity index (χ2v) is 5.56. The molecule has 2 heteroatoms. The Hall–Kier alpha value is -1.80. The minimum absolute atomic E-state index is 0.517. The predicted molar refractivity (Wildman–Crippen MR) is 87.8 cm³/mol. The quantitative estimate of drug-likeness (QED) is 0.831. The SMILES string of the molecule is CC(C)C(CN)CNc1ccc(-c2ccccc2)cc1. The van der Waals surface area contributed by atoms with Gasteiger partial charge in [0.15, 0.2) is 0 Å². The zero-order valence-electron chi connectivity index (χ0n) is 12.3. The highest BCUT2D eigenvalue weighted by atomic mass is 14.9. The molecule has 1 atom stereocenters. The third-order valence-corrected chi connectivity index (χ3v) is 3.81. The van der Waals surface area contributed by atoms with E-state index in [0.29, 0.717) is 11.8 Å². The molecule has 0 heterocycles. The van der Waals surface area contributed by atoms with E-state index in [9.17, 15) is 0 Å². The summed E-state index contributed by atoms with van der Waals surface area (Å²) in [6.07, 6.45) is 0. The van der Waals surface area contributed by atoms with Gasteiger partial charge in [0.2, 0.25) is 0 Å². The Morgan fingerprint density at radius 1 is 0.900 bits per heavy atom. The maximum atomic E-state index is 5.80. The smallest absolute Gasteiger partial charge is 0.0340 e. The van der Waals surface area contributed by atoms with Gasteiger partial charge in [-0.3, -0.25) is 0 Å². The Balaban J connectivity index is 1.99. The Kier molecular flexibility index (Phi) is 5.19. The van der Waals surface area contributed by atoms with Crippen molar-refractivity contribution in [2.45, 2.75) is 13.8 Å². The van der Waals surface area contributed by atoms with Crippen LogP contribution in [0.3, 0.4) is 0 Å². The first-order chi connectivity index (χ1) is 9.70. The summed E-state index contributed by atoms with van der Waals surface area (Å²) in [7, 11) is 0. The molecule has 2 aromatic rings. The number of hydrogen-bond acceptors (Lipinski definition) is 2. The molecule has 2 aromatic carbocycles. The first kappa shape index (κ1) is 14.6. The van der Waals surface area contributed by atoms with Gasteiger partial charge in [0, 0.05) is 12.2 Å². The van der Waals surface area contributed by atoms with E-state index < -0.39 is 0 Å². The largest absolute Gasteiger partial charge is 0.385 e. The molecule has 20 heavy (non-hydrogen) atoms. The lowest BCUT2D eigenvalue weighted by molar-refractivity contribution is 0.413. The van der Waals surface area contributed by atoms with Gasteiger partial charge in [0.1, 0.15) is 0 Å². The Bertz CT molecular complexity index is 503. The summed E-state index contributed by atoms with van der Waals surface area (Å²) < 4.78 is 0. The van der Waals surface area contributed by atoms with Crippen molar-refractivity contribution in [1.82, 2.24) is 0 Å². The summed E-state index contributed by atoms with van der Waals surface area (Å²) in [5, 5.41) is 3.48. The van der Waals surface area contributed by atoms with Crippen molar-refractivity contribution in [2.24, 2.45) is 17.6 Å². The van der Waals surface area contributed by atoms with Crippen LogP contribution in [-0.4, -0.2) is 13.1 Å².